The molecule has 2 N–H and O–H groups in total. The standard InChI is InChI=1S/C26H31N5O2S/c1-34(32,33)30-21-11-9-19(10-12-21)24-17-20-18-28-26(27-13-6-16-31-14-4-5-15-31)29-25(20)23-8-3-2-7-22(23)24/h2-3,7-12,18,24,30H,4-6,13-17H2,1H3,(H,27,28,29). The molecule has 0 saturated carbocycles. The van der Waals surface area contributed by atoms with Gasteiger partial charge in [-0.1, -0.05) is 36.4 Å². The Balaban J connectivity index is 1.33. The second-order valence-corrected chi connectivity index (χ2v) is 11.0. The number of benzene rings is 2. The summed E-state index contributed by atoms with van der Waals surface area (Å²) in [7, 11) is -3.30. The van der Waals surface area contributed by atoms with Crippen LogP contribution in [-0.2, 0) is 16.4 Å². The lowest BCUT2D eigenvalue weighted by Gasteiger charge is -2.27. The van der Waals surface area contributed by atoms with Gasteiger partial charge in [0.05, 0.1) is 11.9 Å². The fourth-order valence-electron chi connectivity index (χ4n) is 5.02. The van der Waals surface area contributed by atoms with Gasteiger partial charge in [0.25, 0.3) is 0 Å². The quantitative estimate of drug-likeness (QED) is 0.475. The molecule has 0 radical (unpaired) electrons. The van der Waals surface area contributed by atoms with Gasteiger partial charge in [0.1, 0.15) is 0 Å². The molecule has 1 saturated heterocycles. The van der Waals surface area contributed by atoms with E-state index in [1.807, 2.05) is 30.5 Å². The van der Waals surface area contributed by atoms with Gasteiger partial charge in [0.15, 0.2) is 0 Å². The number of nitrogens with one attached hydrogen (secondary N) is 2. The van der Waals surface area contributed by atoms with E-state index in [-0.39, 0.29) is 5.92 Å². The summed E-state index contributed by atoms with van der Waals surface area (Å²) < 4.78 is 25.6. The third kappa shape index (κ3) is 5.23. The van der Waals surface area contributed by atoms with Crippen LogP contribution >= 0.6 is 0 Å². The van der Waals surface area contributed by atoms with Crippen molar-refractivity contribution in [3.05, 3.63) is 71.4 Å². The minimum atomic E-state index is -3.30. The van der Waals surface area contributed by atoms with E-state index < -0.39 is 10.0 Å². The third-order valence-corrected chi connectivity index (χ3v) is 7.24. The van der Waals surface area contributed by atoms with Crippen molar-refractivity contribution in [3.8, 4) is 11.3 Å². The highest BCUT2D eigenvalue weighted by molar-refractivity contribution is 7.92. The maximum absolute atomic E-state index is 11.5. The van der Waals surface area contributed by atoms with Crippen LogP contribution in [0, 0.1) is 0 Å². The first kappa shape index (κ1) is 22.8. The first-order valence-corrected chi connectivity index (χ1v) is 13.8. The molecular weight excluding hydrogens is 446 g/mol. The molecule has 1 atom stereocenters. The molecule has 7 nitrogen and oxygen atoms in total. The second-order valence-electron chi connectivity index (χ2n) is 9.24. The lowest BCUT2D eigenvalue weighted by molar-refractivity contribution is 0.337. The fourth-order valence-corrected chi connectivity index (χ4v) is 5.59. The Morgan fingerprint density at radius 1 is 1.06 bits per heavy atom. The Bertz CT molecular complexity index is 1250. The highest BCUT2D eigenvalue weighted by Crippen LogP contribution is 2.42. The molecule has 1 unspecified atom stereocenters. The smallest absolute Gasteiger partial charge is 0.229 e. The summed E-state index contributed by atoms with van der Waals surface area (Å²) in [4.78, 5) is 12.0. The zero-order valence-electron chi connectivity index (χ0n) is 19.5. The Morgan fingerprint density at radius 2 is 1.82 bits per heavy atom. The molecule has 0 amide bonds. The Labute approximate surface area is 201 Å². The van der Waals surface area contributed by atoms with E-state index in [2.05, 4.69) is 44.2 Å². The molecule has 5 rings (SSSR count). The SMILES string of the molecule is CS(=O)(=O)Nc1ccc(C2Cc3cnc(NCCCN4CCCC4)nc3-c3ccccc32)cc1. The van der Waals surface area contributed by atoms with E-state index in [0.29, 0.717) is 11.6 Å². The zero-order valence-corrected chi connectivity index (χ0v) is 20.3. The molecule has 1 fully saturated rings. The minimum Gasteiger partial charge on any atom is -0.354 e. The fraction of sp³-hybridized carbons (Fsp3) is 0.385. The summed E-state index contributed by atoms with van der Waals surface area (Å²) in [5.41, 5.74) is 6.21. The largest absolute Gasteiger partial charge is 0.354 e. The highest BCUT2D eigenvalue weighted by Gasteiger charge is 2.27. The third-order valence-electron chi connectivity index (χ3n) is 6.63. The first-order chi connectivity index (χ1) is 16.5. The summed E-state index contributed by atoms with van der Waals surface area (Å²) in [6.45, 7) is 4.45. The predicted molar refractivity (Wildman–Crippen MR) is 137 cm³/mol. The van der Waals surface area contributed by atoms with Crippen LogP contribution in [0.25, 0.3) is 11.3 Å². The van der Waals surface area contributed by atoms with Crippen LogP contribution in [0.1, 0.15) is 41.9 Å². The summed E-state index contributed by atoms with van der Waals surface area (Å²) >= 11 is 0. The van der Waals surface area contributed by atoms with Gasteiger partial charge in [-0.2, -0.15) is 0 Å². The lowest BCUT2D eigenvalue weighted by Crippen LogP contribution is -2.22. The van der Waals surface area contributed by atoms with Crippen LogP contribution in [0.5, 0.6) is 0 Å². The van der Waals surface area contributed by atoms with E-state index in [9.17, 15) is 8.42 Å². The number of anilines is 2. The van der Waals surface area contributed by atoms with Crippen LogP contribution in [-0.4, -0.2) is 55.7 Å². The molecule has 2 aliphatic rings. The van der Waals surface area contributed by atoms with Gasteiger partial charge >= 0.3 is 0 Å². The molecule has 1 aliphatic heterocycles. The van der Waals surface area contributed by atoms with Crippen molar-refractivity contribution in [2.75, 3.05) is 42.5 Å². The van der Waals surface area contributed by atoms with Crippen LogP contribution in [0.2, 0.25) is 0 Å². The lowest BCUT2D eigenvalue weighted by atomic mass is 9.78. The summed E-state index contributed by atoms with van der Waals surface area (Å²) in [5.74, 6) is 0.850. The van der Waals surface area contributed by atoms with Crippen molar-refractivity contribution in [2.24, 2.45) is 0 Å². The number of fused-ring (bicyclic) bond motifs is 3. The molecule has 1 aromatic heterocycles. The molecule has 178 valence electrons. The molecule has 8 heteroatoms. The van der Waals surface area contributed by atoms with E-state index in [4.69, 9.17) is 4.98 Å². The Morgan fingerprint density at radius 3 is 2.59 bits per heavy atom. The maximum atomic E-state index is 11.5. The summed E-state index contributed by atoms with van der Waals surface area (Å²) in [5, 5.41) is 3.41. The van der Waals surface area contributed by atoms with Crippen molar-refractivity contribution in [1.82, 2.24) is 14.9 Å². The number of hydrogen-bond donors (Lipinski definition) is 2. The predicted octanol–water partition coefficient (Wildman–Crippen LogP) is 4.10. The van der Waals surface area contributed by atoms with E-state index in [1.165, 1.54) is 31.5 Å². The average Bonchev–Trinajstić information content (AvgIpc) is 3.35. The number of likely N-dealkylation sites (tertiary alicyclic amines) is 1. The van der Waals surface area contributed by atoms with Crippen molar-refractivity contribution in [2.45, 2.75) is 31.6 Å². The molecule has 0 spiro atoms. The van der Waals surface area contributed by atoms with Crippen LogP contribution in [0.4, 0.5) is 11.6 Å². The minimum absolute atomic E-state index is 0.166. The van der Waals surface area contributed by atoms with Crippen molar-refractivity contribution >= 4 is 21.7 Å². The van der Waals surface area contributed by atoms with Gasteiger partial charge in [-0.3, -0.25) is 4.72 Å². The van der Waals surface area contributed by atoms with Gasteiger partial charge < -0.3 is 10.2 Å². The number of hydrogen-bond acceptors (Lipinski definition) is 6. The van der Waals surface area contributed by atoms with Gasteiger partial charge in [0.2, 0.25) is 16.0 Å². The Hall–Kier alpha value is -2.97. The second kappa shape index (κ2) is 9.72. The summed E-state index contributed by atoms with van der Waals surface area (Å²) in [6.07, 6.45) is 7.65. The van der Waals surface area contributed by atoms with Gasteiger partial charge in [0, 0.05) is 29.9 Å². The Kier molecular flexibility index (Phi) is 6.52. The van der Waals surface area contributed by atoms with Gasteiger partial charge in [-0.25, -0.2) is 18.4 Å². The summed E-state index contributed by atoms with van der Waals surface area (Å²) in [6, 6.07) is 16.0. The molecular formula is C26H31N5O2S. The van der Waals surface area contributed by atoms with Crippen LogP contribution < -0.4 is 10.0 Å². The molecule has 3 aromatic rings. The first-order valence-electron chi connectivity index (χ1n) is 12.0. The number of rotatable bonds is 8. The monoisotopic (exact) mass is 477 g/mol. The molecule has 34 heavy (non-hydrogen) atoms. The molecule has 2 heterocycles. The van der Waals surface area contributed by atoms with E-state index in [1.54, 1.807) is 0 Å². The van der Waals surface area contributed by atoms with Gasteiger partial charge in [-0.05, 0) is 74.1 Å². The van der Waals surface area contributed by atoms with Crippen molar-refractivity contribution in [3.63, 3.8) is 0 Å². The maximum Gasteiger partial charge on any atom is 0.229 e. The molecule has 1 aliphatic carbocycles. The van der Waals surface area contributed by atoms with Gasteiger partial charge in [-0.15, -0.1) is 0 Å². The van der Waals surface area contributed by atoms with E-state index in [0.717, 1.165) is 54.6 Å². The number of sulfonamides is 1. The van der Waals surface area contributed by atoms with E-state index >= 15 is 0 Å². The average molecular weight is 478 g/mol. The highest BCUT2D eigenvalue weighted by atomic mass is 32.2. The van der Waals surface area contributed by atoms with Crippen LogP contribution in [0.3, 0.4) is 0 Å². The molecule has 2 aromatic carbocycles. The number of aromatic nitrogens is 2. The van der Waals surface area contributed by atoms with Crippen molar-refractivity contribution < 1.29 is 8.42 Å². The van der Waals surface area contributed by atoms with Crippen LogP contribution in [0.15, 0.2) is 54.7 Å². The van der Waals surface area contributed by atoms with Crippen molar-refractivity contribution in [1.29, 1.82) is 0 Å². The topological polar surface area (TPSA) is 87.2 Å². The molecule has 0 bridgehead atoms. The number of nitrogens with zero attached hydrogens (tertiary/aromatic N) is 3. The normalized spacial score (nSPS) is 17.7. The zero-order chi connectivity index (χ0) is 23.5.